The Morgan fingerprint density at radius 2 is 2.35 bits per heavy atom. The Labute approximate surface area is 106 Å². The van der Waals surface area contributed by atoms with Crippen LogP contribution in [0.5, 0.6) is 0 Å². The minimum Gasteiger partial charge on any atom is -0.316 e. The quantitative estimate of drug-likeness (QED) is 0.904. The maximum atomic E-state index is 14.6. The van der Waals surface area contributed by atoms with Gasteiger partial charge in [0.25, 0.3) is 0 Å². The minimum absolute atomic E-state index is 0.00968. The van der Waals surface area contributed by atoms with Crippen LogP contribution in [-0.2, 0) is 0 Å². The first kappa shape index (κ1) is 12.8. The first-order valence-corrected chi connectivity index (χ1v) is 6.56. The van der Waals surface area contributed by atoms with Crippen LogP contribution in [0.4, 0.5) is 4.39 Å². The lowest BCUT2D eigenvalue weighted by Gasteiger charge is -2.27. The van der Waals surface area contributed by atoms with Crippen LogP contribution in [0.25, 0.3) is 0 Å². The van der Waals surface area contributed by atoms with Crippen molar-refractivity contribution < 1.29 is 4.39 Å². The van der Waals surface area contributed by atoms with Crippen molar-refractivity contribution in [2.75, 3.05) is 13.1 Å². The number of hydrogen-bond acceptors (Lipinski definition) is 2. The first-order chi connectivity index (χ1) is 8.11. The van der Waals surface area contributed by atoms with E-state index in [1.165, 1.54) is 0 Å². The summed E-state index contributed by atoms with van der Waals surface area (Å²) in [5.41, 5.74) is 0.537. The van der Waals surface area contributed by atoms with Gasteiger partial charge in [0.05, 0.1) is 16.9 Å². The molecule has 1 N–H and O–H groups in total. The van der Waals surface area contributed by atoms with Crippen LogP contribution in [0.15, 0.2) is 6.20 Å². The van der Waals surface area contributed by atoms with Crippen molar-refractivity contribution in [2.45, 2.75) is 38.9 Å². The Kier molecular flexibility index (Phi) is 4.05. The molecule has 1 saturated heterocycles. The van der Waals surface area contributed by atoms with Crippen LogP contribution < -0.4 is 5.32 Å². The SMILES string of the molecule is CC(C)n1ncc(Cl)c1C(F)C1CCCNC1. The smallest absolute Gasteiger partial charge is 0.147 e. The average molecular weight is 260 g/mol. The summed E-state index contributed by atoms with van der Waals surface area (Å²) in [5.74, 6) is 0.00968. The molecule has 2 atom stereocenters. The Morgan fingerprint density at radius 1 is 1.59 bits per heavy atom. The number of halogens is 2. The summed E-state index contributed by atoms with van der Waals surface area (Å²) >= 11 is 6.06. The molecule has 2 unspecified atom stereocenters. The molecule has 1 aliphatic rings. The molecule has 0 aliphatic carbocycles. The van der Waals surface area contributed by atoms with Crippen LogP contribution in [0.3, 0.4) is 0 Å². The van der Waals surface area contributed by atoms with Crippen LogP contribution in [0, 0.1) is 5.92 Å². The third-order valence-corrected chi connectivity index (χ3v) is 3.58. The van der Waals surface area contributed by atoms with Crippen molar-refractivity contribution in [3.8, 4) is 0 Å². The Morgan fingerprint density at radius 3 is 2.94 bits per heavy atom. The molecule has 0 saturated carbocycles. The highest BCUT2D eigenvalue weighted by molar-refractivity contribution is 6.31. The van der Waals surface area contributed by atoms with Gasteiger partial charge in [-0.25, -0.2) is 4.39 Å². The molecule has 1 fully saturated rings. The van der Waals surface area contributed by atoms with Crippen LogP contribution in [0.2, 0.25) is 5.02 Å². The van der Waals surface area contributed by atoms with Gasteiger partial charge in [0.2, 0.25) is 0 Å². The Hall–Kier alpha value is -0.610. The van der Waals surface area contributed by atoms with Gasteiger partial charge in [-0.3, -0.25) is 4.68 Å². The van der Waals surface area contributed by atoms with E-state index in [1.807, 2.05) is 13.8 Å². The molecule has 0 amide bonds. The summed E-state index contributed by atoms with van der Waals surface area (Å²) in [6, 6.07) is 0.132. The summed E-state index contributed by atoms with van der Waals surface area (Å²) < 4.78 is 16.2. The third kappa shape index (κ3) is 2.63. The second-order valence-electron chi connectivity index (χ2n) is 4.92. The standard InChI is InChI=1S/C12H19ClFN3/c1-8(2)17-12(10(13)7-16-17)11(14)9-4-3-5-15-6-9/h7-9,11,15H,3-6H2,1-2H3. The summed E-state index contributed by atoms with van der Waals surface area (Å²) in [7, 11) is 0. The molecule has 3 nitrogen and oxygen atoms in total. The van der Waals surface area contributed by atoms with E-state index in [1.54, 1.807) is 10.9 Å². The predicted molar refractivity (Wildman–Crippen MR) is 67.1 cm³/mol. The summed E-state index contributed by atoms with van der Waals surface area (Å²) in [6.45, 7) is 5.68. The normalized spacial score (nSPS) is 23.0. The molecule has 1 aromatic rings. The fourth-order valence-corrected chi connectivity index (χ4v) is 2.61. The number of alkyl halides is 1. The van der Waals surface area contributed by atoms with Gasteiger partial charge >= 0.3 is 0 Å². The van der Waals surface area contributed by atoms with Gasteiger partial charge in [-0.1, -0.05) is 11.6 Å². The van der Waals surface area contributed by atoms with Crippen molar-refractivity contribution in [3.05, 3.63) is 16.9 Å². The van der Waals surface area contributed by atoms with E-state index in [-0.39, 0.29) is 12.0 Å². The predicted octanol–water partition coefficient (Wildman–Crippen LogP) is 3.13. The molecular weight excluding hydrogens is 241 g/mol. The molecule has 0 spiro atoms. The fraction of sp³-hybridized carbons (Fsp3) is 0.750. The third-order valence-electron chi connectivity index (χ3n) is 3.29. The van der Waals surface area contributed by atoms with E-state index in [9.17, 15) is 4.39 Å². The molecule has 17 heavy (non-hydrogen) atoms. The van der Waals surface area contributed by atoms with Gasteiger partial charge in [-0.2, -0.15) is 5.10 Å². The number of rotatable bonds is 3. The van der Waals surface area contributed by atoms with E-state index in [4.69, 9.17) is 11.6 Å². The van der Waals surface area contributed by atoms with Gasteiger partial charge in [0, 0.05) is 18.5 Å². The lowest BCUT2D eigenvalue weighted by molar-refractivity contribution is 0.181. The van der Waals surface area contributed by atoms with Crippen LogP contribution in [0.1, 0.15) is 44.6 Å². The zero-order chi connectivity index (χ0) is 12.4. The van der Waals surface area contributed by atoms with Gasteiger partial charge in [-0.05, 0) is 33.2 Å². The molecule has 5 heteroatoms. The monoisotopic (exact) mass is 259 g/mol. The molecule has 0 aromatic carbocycles. The topological polar surface area (TPSA) is 29.9 Å². The molecule has 1 aromatic heterocycles. The lowest BCUT2D eigenvalue weighted by atomic mass is 9.93. The Bertz CT molecular complexity index is 372. The first-order valence-electron chi connectivity index (χ1n) is 6.19. The lowest BCUT2D eigenvalue weighted by Crippen LogP contribution is -2.33. The largest absolute Gasteiger partial charge is 0.316 e. The highest BCUT2D eigenvalue weighted by Gasteiger charge is 2.30. The van der Waals surface area contributed by atoms with E-state index in [0.717, 1.165) is 25.9 Å². The average Bonchev–Trinajstić information content (AvgIpc) is 2.71. The van der Waals surface area contributed by atoms with Gasteiger partial charge < -0.3 is 5.32 Å². The summed E-state index contributed by atoms with van der Waals surface area (Å²) in [4.78, 5) is 0. The zero-order valence-electron chi connectivity index (χ0n) is 10.3. The van der Waals surface area contributed by atoms with Gasteiger partial charge in [-0.15, -0.1) is 0 Å². The molecule has 2 heterocycles. The molecule has 96 valence electrons. The van der Waals surface area contributed by atoms with Crippen molar-refractivity contribution >= 4 is 11.6 Å². The number of hydrogen-bond donors (Lipinski definition) is 1. The van der Waals surface area contributed by atoms with Gasteiger partial charge in [0.1, 0.15) is 6.17 Å². The van der Waals surface area contributed by atoms with E-state index < -0.39 is 6.17 Å². The number of nitrogens with zero attached hydrogens (tertiary/aromatic N) is 2. The van der Waals surface area contributed by atoms with Gasteiger partial charge in [0.15, 0.2) is 0 Å². The van der Waals surface area contributed by atoms with Crippen molar-refractivity contribution in [3.63, 3.8) is 0 Å². The number of nitrogens with one attached hydrogen (secondary N) is 1. The maximum absolute atomic E-state index is 14.6. The number of aromatic nitrogens is 2. The fourth-order valence-electron chi connectivity index (χ4n) is 2.37. The molecule has 1 aliphatic heterocycles. The molecular formula is C12H19ClFN3. The highest BCUT2D eigenvalue weighted by Crippen LogP contribution is 2.35. The van der Waals surface area contributed by atoms with E-state index in [0.29, 0.717) is 10.7 Å². The van der Waals surface area contributed by atoms with E-state index >= 15 is 0 Å². The van der Waals surface area contributed by atoms with E-state index in [2.05, 4.69) is 10.4 Å². The van der Waals surface area contributed by atoms with Crippen LogP contribution >= 0.6 is 11.6 Å². The number of piperidine rings is 1. The molecule has 0 radical (unpaired) electrons. The van der Waals surface area contributed by atoms with Crippen molar-refractivity contribution in [1.82, 2.24) is 15.1 Å². The summed E-state index contributed by atoms with van der Waals surface area (Å²) in [5, 5.41) is 7.83. The second kappa shape index (κ2) is 5.36. The maximum Gasteiger partial charge on any atom is 0.147 e. The Balaban J connectivity index is 2.22. The van der Waals surface area contributed by atoms with Crippen molar-refractivity contribution in [1.29, 1.82) is 0 Å². The zero-order valence-corrected chi connectivity index (χ0v) is 11.0. The van der Waals surface area contributed by atoms with Crippen LogP contribution in [-0.4, -0.2) is 22.9 Å². The van der Waals surface area contributed by atoms with Crippen molar-refractivity contribution in [2.24, 2.45) is 5.92 Å². The highest BCUT2D eigenvalue weighted by atomic mass is 35.5. The minimum atomic E-state index is -1.03. The molecule has 2 rings (SSSR count). The molecule has 0 bridgehead atoms. The summed E-state index contributed by atoms with van der Waals surface area (Å²) in [6.07, 6.45) is 2.45. The second-order valence-corrected chi connectivity index (χ2v) is 5.33.